The summed E-state index contributed by atoms with van der Waals surface area (Å²) in [5.74, 6) is 2.34. The number of nitrogens with zero attached hydrogens (tertiary/aromatic N) is 1. The molecule has 3 N–H and O–H groups in total. The Morgan fingerprint density at radius 2 is 1.95 bits per heavy atom. The molecule has 0 amide bonds. The lowest BCUT2D eigenvalue weighted by atomic mass is 10.0. The number of H-pyrrole nitrogens is 1. The van der Waals surface area contributed by atoms with Gasteiger partial charge in [0.15, 0.2) is 0 Å². The highest BCUT2D eigenvalue weighted by Gasteiger charge is 2.17. The fraction of sp³-hybridized carbons (Fsp3) is 0.357. The van der Waals surface area contributed by atoms with E-state index in [9.17, 15) is 0 Å². The molecule has 1 aromatic heterocycles. The van der Waals surface area contributed by atoms with Crippen LogP contribution in [0, 0.1) is 13.8 Å². The summed E-state index contributed by atoms with van der Waals surface area (Å²) < 4.78 is 10.8. The number of aromatic nitrogens is 2. The monoisotopic (exact) mass is 261 g/mol. The number of nitrogens with two attached hydrogens (primary N) is 1. The van der Waals surface area contributed by atoms with E-state index < -0.39 is 0 Å². The first-order valence-electron chi connectivity index (χ1n) is 6.09. The fourth-order valence-corrected chi connectivity index (χ4v) is 2.23. The van der Waals surface area contributed by atoms with Gasteiger partial charge < -0.3 is 20.2 Å². The van der Waals surface area contributed by atoms with E-state index in [-0.39, 0.29) is 0 Å². The molecule has 2 aromatic rings. The minimum Gasteiger partial charge on any atom is -0.496 e. The van der Waals surface area contributed by atoms with Gasteiger partial charge in [-0.25, -0.2) is 4.98 Å². The molecule has 0 aliphatic heterocycles. The van der Waals surface area contributed by atoms with Gasteiger partial charge >= 0.3 is 0 Å². The molecule has 0 unspecified atom stereocenters. The smallest absolute Gasteiger partial charge is 0.134 e. The van der Waals surface area contributed by atoms with Gasteiger partial charge in [-0.1, -0.05) is 0 Å². The maximum Gasteiger partial charge on any atom is 0.134 e. The minimum absolute atomic E-state index is 0.387. The van der Waals surface area contributed by atoms with Crippen LogP contribution in [0.4, 0.5) is 0 Å². The van der Waals surface area contributed by atoms with Crippen LogP contribution in [0.3, 0.4) is 0 Å². The first-order chi connectivity index (χ1) is 9.12. The Labute approximate surface area is 112 Å². The third-order valence-electron chi connectivity index (χ3n) is 3.16. The molecule has 0 aliphatic carbocycles. The third kappa shape index (κ3) is 2.29. The molecule has 0 radical (unpaired) electrons. The Kier molecular flexibility index (Phi) is 3.76. The van der Waals surface area contributed by atoms with Crippen LogP contribution in [0.1, 0.15) is 17.1 Å². The highest BCUT2D eigenvalue weighted by atomic mass is 16.5. The predicted octanol–water partition coefficient (Wildman–Crippen LogP) is 2.17. The van der Waals surface area contributed by atoms with E-state index in [4.69, 9.17) is 15.2 Å². The Hall–Kier alpha value is -2.01. The summed E-state index contributed by atoms with van der Waals surface area (Å²) in [4.78, 5) is 7.67. The van der Waals surface area contributed by atoms with Crippen LogP contribution in [0.5, 0.6) is 11.5 Å². The molecule has 1 heterocycles. The topological polar surface area (TPSA) is 73.2 Å². The van der Waals surface area contributed by atoms with E-state index in [0.29, 0.717) is 6.54 Å². The fourth-order valence-electron chi connectivity index (χ4n) is 2.23. The Morgan fingerprint density at radius 3 is 2.47 bits per heavy atom. The summed E-state index contributed by atoms with van der Waals surface area (Å²) in [6.45, 7) is 4.33. The first kappa shape index (κ1) is 13.4. The van der Waals surface area contributed by atoms with E-state index in [1.54, 1.807) is 14.2 Å². The number of hydrogen-bond acceptors (Lipinski definition) is 4. The van der Waals surface area contributed by atoms with Crippen molar-refractivity contribution in [2.75, 3.05) is 14.2 Å². The van der Waals surface area contributed by atoms with Crippen molar-refractivity contribution in [3.05, 3.63) is 29.2 Å². The lowest BCUT2D eigenvalue weighted by Gasteiger charge is -2.13. The van der Waals surface area contributed by atoms with E-state index in [1.807, 2.05) is 26.0 Å². The van der Waals surface area contributed by atoms with Gasteiger partial charge in [0.05, 0.1) is 26.5 Å². The highest BCUT2D eigenvalue weighted by Crippen LogP contribution is 2.38. The van der Waals surface area contributed by atoms with Gasteiger partial charge in [-0.3, -0.25) is 0 Å². The predicted molar refractivity (Wildman–Crippen MR) is 74.5 cm³/mol. The van der Waals surface area contributed by atoms with Crippen molar-refractivity contribution < 1.29 is 9.47 Å². The molecule has 5 heteroatoms. The molecular formula is C14H19N3O2. The molecule has 19 heavy (non-hydrogen) atoms. The maximum absolute atomic E-state index is 5.61. The average molecular weight is 261 g/mol. The quantitative estimate of drug-likeness (QED) is 0.884. The third-order valence-corrected chi connectivity index (χ3v) is 3.16. The van der Waals surface area contributed by atoms with Crippen molar-refractivity contribution in [2.24, 2.45) is 5.73 Å². The average Bonchev–Trinajstić information content (AvgIpc) is 2.79. The zero-order valence-electron chi connectivity index (χ0n) is 11.7. The Balaban J connectivity index is 2.61. The molecule has 5 nitrogen and oxygen atoms in total. The second-order valence-corrected chi connectivity index (χ2v) is 4.33. The molecule has 0 saturated carbocycles. The first-order valence-corrected chi connectivity index (χ1v) is 6.09. The molecule has 0 bridgehead atoms. The second-order valence-electron chi connectivity index (χ2n) is 4.33. The number of benzene rings is 1. The number of imidazole rings is 1. The van der Waals surface area contributed by atoms with Crippen LogP contribution >= 0.6 is 0 Å². The standard InChI is InChI=1S/C14H19N3O2/c1-8-11(18-3)6-5-10(14(8)19-4)13-9(2)16-12(7-15)17-13/h5-6H,7,15H2,1-4H3,(H,16,17). The summed E-state index contributed by atoms with van der Waals surface area (Å²) in [6, 6.07) is 3.87. The zero-order chi connectivity index (χ0) is 14.0. The number of nitrogens with one attached hydrogen (secondary N) is 1. The summed E-state index contributed by atoms with van der Waals surface area (Å²) >= 11 is 0. The van der Waals surface area contributed by atoms with Gasteiger partial charge in [-0.2, -0.15) is 0 Å². The van der Waals surface area contributed by atoms with Crippen LogP contribution in [0.2, 0.25) is 0 Å². The SMILES string of the molecule is COc1ccc(-c2nc(CN)[nH]c2C)c(OC)c1C. The van der Waals surface area contributed by atoms with E-state index in [0.717, 1.165) is 39.8 Å². The molecule has 1 aromatic carbocycles. The molecule has 0 aliphatic rings. The lowest BCUT2D eigenvalue weighted by Crippen LogP contribution is -1.98. The minimum atomic E-state index is 0.387. The molecule has 0 fully saturated rings. The van der Waals surface area contributed by atoms with Gasteiger partial charge in [0.25, 0.3) is 0 Å². The zero-order valence-corrected chi connectivity index (χ0v) is 11.7. The van der Waals surface area contributed by atoms with Gasteiger partial charge in [0, 0.05) is 16.8 Å². The summed E-state index contributed by atoms with van der Waals surface area (Å²) in [7, 11) is 3.30. The molecule has 0 spiro atoms. The number of aryl methyl sites for hydroxylation is 1. The van der Waals surface area contributed by atoms with E-state index in [2.05, 4.69) is 9.97 Å². The lowest BCUT2D eigenvalue weighted by molar-refractivity contribution is 0.390. The Bertz CT molecular complexity index is 591. The molecule has 2 rings (SSSR count). The molecular weight excluding hydrogens is 242 g/mol. The van der Waals surface area contributed by atoms with Crippen molar-refractivity contribution >= 4 is 0 Å². The number of rotatable bonds is 4. The van der Waals surface area contributed by atoms with Crippen molar-refractivity contribution in [2.45, 2.75) is 20.4 Å². The van der Waals surface area contributed by atoms with Crippen molar-refractivity contribution in [1.82, 2.24) is 9.97 Å². The van der Waals surface area contributed by atoms with Crippen molar-refractivity contribution in [1.29, 1.82) is 0 Å². The summed E-state index contributed by atoms with van der Waals surface area (Å²) in [5, 5.41) is 0. The van der Waals surface area contributed by atoms with Crippen LogP contribution in [0.15, 0.2) is 12.1 Å². The normalized spacial score (nSPS) is 10.6. The number of hydrogen-bond donors (Lipinski definition) is 2. The van der Waals surface area contributed by atoms with Crippen LogP contribution in [-0.2, 0) is 6.54 Å². The van der Waals surface area contributed by atoms with E-state index >= 15 is 0 Å². The number of aromatic amines is 1. The summed E-state index contributed by atoms with van der Waals surface area (Å²) in [5.41, 5.74) is 9.35. The summed E-state index contributed by atoms with van der Waals surface area (Å²) in [6.07, 6.45) is 0. The maximum atomic E-state index is 5.61. The van der Waals surface area contributed by atoms with Gasteiger partial charge in [-0.05, 0) is 26.0 Å². The van der Waals surface area contributed by atoms with E-state index in [1.165, 1.54) is 0 Å². The van der Waals surface area contributed by atoms with Gasteiger partial charge in [-0.15, -0.1) is 0 Å². The Morgan fingerprint density at radius 1 is 1.21 bits per heavy atom. The van der Waals surface area contributed by atoms with Gasteiger partial charge in [0.1, 0.15) is 17.3 Å². The van der Waals surface area contributed by atoms with Crippen molar-refractivity contribution in [3.63, 3.8) is 0 Å². The van der Waals surface area contributed by atoms with Crippen LogP contribution in [0.25, 0.3) is 11.3 Å². The molecule has 0 atom stereocenters. The van der Waals surface area contributed by atoms with Crippen molar-refractivity contribution in [3.8, 4) is 22.8 Å². The van der Waals surface area contributed by atoms with Crippen LogP contribution in [-0.4, -0.2) is 24.2 Å². The van der Waals surface area contributed by atoms with Crippen LogP contribution < -0.4 is 15.2 Å². The molecule has 0 saturated heterocycles. The molecule has 102 valence electrons. The van der Waals surface area contributed by atoms with Gasteiger partial charge in [0.2, 0.25) is 0 Å². The number of methoxy groups -OCH3 is 2. The highest BCUT2D eigenvalue weighted by molar-refractivity contribution is 5.73. The number of ether oxygens (including phenoxy) is 2. The second kappa shape index (κ2) is 5.32. The largest absolute Gasteiger partial charge is 0.496 e.